The van der Waals surface area contributed by atoms with Gasteiger partial charge in [-0.15, -0.1) is 0 Å². The molecule has 2 rings (SSSR count). The Balaban J connectivity index is 1.92. The molecule has 0 aromatic heterocycles. The number of carbonyl (C=O) groups is 2. The summed E-state index contributed by atoms with van der Waals surface area (Å²) in [5.41, 5.74) is 5.95. The molecule has 3 amide bonds. The van der Waals surface area contributed by atoms with Crippen molar-refractivity contribution >= 4 is 22.0 Å². The Kier molecular flexibility index (Phi) is 6.61. The molecule has 150 valence electrons. The number of nitrogens with two attached hydrogens (primary N) is 1. The normalized spacial score (nSPS) is 16.9. The average Bonchev–Trinajstić information content (AvgIpc) is 2.59. The standard InChI is InChI=1S/C18H28N4O4S/c1-18(2,3)14-4-6-15(7-5-14)27(25,26)22-12-10-21(11-13-22)9-8-16(23)20-17(19)24/h4-7H,8-13H2,1-3H3,(H3,19,20,23,24). The molecule has 8 nitrogen and oxygen atoms in total. The first-order valence-corrected chi connectivity index (χ1v) is 10.4. The van der Waals surface area contributed by atoms with Gasteiger partial charge in [0, 0.05) is 39.1 Å². The molecule has 0 radical (unpaired) electrons. The van der Waals surface area contributed by atoms with Crippen LogP contribution in [0.15, 0.2) is 29.2 Å². The fraction of sp³-hybridized carbons (Fsp3) is 0.556. The van der Waals surface area contributed by atoms with E-state index >= 15 is 0 Å². The maximum atomic E-state index is 12.8. The monoisotopic (exact) mass is 396 g/mol. The van der Waals surface area contributed by atoms with Crippen molar-refractivity contribution in [2.24, 2.45) is 5.73 Å². The largest absolute Gasteiger partial charge is 0.351 e. The van der Waals surface area contributed by atoms with Crippen molar-refractivity contribution < 1.29 is 18.0 Å². The first-order chi connectivity index (χ1) is 12.5. The van der Waals surface area contributed by atoms with Gasteiger partial charge in [0.2, 0.25) is 15.9 Å². The molecule has 1 aliphatic heterocycles. The third-order valence-corrected chi connectivity index (χ3v) is 6.52. The molecule has 1 fully saturated rings. The van der Waals surface area contributed by atoms with Gasteiger partial charge in [0.05, 0.1) is 4.90 Å². The molecule has 0 aliphatic carbocycles. The van der Waals surface area contributed by atoms with E-state index in [1.54, 1.807) is 12.1 Å². The lowest BCUT2D eigenvalue weighted by Crippen LogP contribution is -2.49. The Hall–Kier alpha value is -1.97. The number of hydrogen-bond acceptors (Lipinski definition) is 5. The SMILES string of the molecule is CC(C)(C)c1ccc(S(=O)(=O)N2CCN(CCC(=O)NC(N)=O)CC2)cc1. The molecule has 1 aromatic carbocycles. The van der Waals surface area contributed by atoms with Crippen LogP contribution < -0.4 is 11.1 Å². The lowest BCUT2D eigenvalue weighted by atomic mass is 9.87. The van der Waals surface area contributed by atoms with Crippen LogP contribution in [0.5, 0.6) is 0 Å². The number of primary amides is 1. The lowest BCUT2D eigenvalue weighted by Gasteiger charge is -2.33. The average molecular weight is 397 g/mol. The van der Waals surface area contributed by atoms with Crippen LogP contribution in [0.2, 0.25) is 0 Å². The van der Waals surface area contributed by atoms with Gasteiger partial charge in [-0.25, -0.2) is 13.2 Å². The minimum absolute atomic E-state index is 0.0330. The van der Waals surface area contributed by atoms with Gasteiger partial charge in [0.25, 0.3) is 0 Å². The van der Waals surface area contributed by atoms with E-state index in [9.17, 15) is 18.0 Å². The number of piperazine rings is 1. The van der Waals surface area contributed by atoms with E-state index in [0.29, 0.717) is 37.6 Å². The Bertz CT molecular complexity index is 777. The maximum absolute atomic E-state index is 12.8. The second-order valence-electron chi connectivity index (χ2n) is 7.68. The van der Waals surface area contributed by atoms with Crippen molar-refractivity contribution in [3.8, 4) is 0 Å². The summed E-state index contributed by atoms with van der Waals surface area (Å²) in [6.45, 7) is 8.49. The summed E-state index contributed by atoms with van der Waals surface area (Å²) >= 11 is 0. The smallest absolute Gasteiger partial charge is 0.318 e. The summed E-state index contributed by atoms with van der Waals surface area (Å²) in [4.78, 5) is 24.4. The molecule has 0 saturated carbocycles. The van der Waals surface area contributed by atoms with E-state index in [2.05, 4.69) is 20.8 Å². The third kappa shape index (κ3) is 5.75. The van der Waals surface area contributed by atoms with Gasteiger partial charge >= 0.3 is 6.03 Å². The van der Waals surface area contributed by atoms with E-state index in [4.69, 9.17) is 5.73 Å². The zero-order valence-corrected chi connectivity index (χ0v) is 16.9. The molecule has 0 spiro atoms. The van der Waals surface area contributed by atoms with Gasteiger partial charge in [-0.3, -0.25) is 10.1 Å². The van der Waals surface area contributed by atoms with Crippen LogP contribution in [-0.2, 0) is 20.2 Å². The molecule has 0 atom stereocenters. The lowest BCUT2D eigenvalue weighted by molar-refractivity contribution is -0.120. The molecule has 0 bridgehead atoms. The first kappa shape index (κ1) is 21.3. The van der Waals surface area contributed by atoms with Crippen molar-refractivity contribution in [1.29, 1.82) is 0 Å². The highest BCUT2D eigenvalue weighted by Gasteiger charge is 2.29. The van der Waals surface area contributed by atoms with Crippen molar-refractivity contribution in [1.82, 2.24) is 14.5 Å². The fourth-order valence-electron chi connectivity index (χ4n) is 2.93. The predicted molar refractivity (Wildman–Crippen MR) is 103 cm³/mol. The number of carbonyl (C=O) groups excluding carboxylic acids is 2. The highest BCUT2D eigenvalue weighted by atomic mass is 32.2. The number of nitrogens with one attached hydrogen (secondary N) is 1. The molecule has 3 N–H and O–H groups in total. The van der Waals surface area contributed by atoms with Crippen LogP contribution >= 0.6 is 0 Å². The number of sulfonamides is 1. The summed E-state index contributed by atoms with van der Waals surface area (Å²) < 4.78 is 27.1. The van der Waals surface area contributed by atoms with Crippen LogP contribution in [0.1, 0.15) is 32.8 Å². The quantitative estimate of drug-likeness (QED) is 0.767. The van der Waals surface area contributed by atoms with Crippen molar-refractivity contribution in [2.75, 3.05) is 32.7 Å². The van der Waals surface area contributed by atoms with Crippen LogP contribution in [-0.4, -0.2) is 62.3 Å². The predicted octanol–water partition coefficient (Wildman–Crippen LogP) is 0.875. The number of amides is 3. The van der Waals surface area contributed by atoms with E-state index in [0.717, 1.165) is 5.56 Å². The van der Waals surface area contributed by atoms with Crippen molar-refractivity contribution in [3.05, 3.63) is 29.8 Å². The molecule has 1 heterocycles. The second kappa shape index (κ2) is 8.37. The number of urea groups is 1. The van der Waals surface area contributed by atoms with Gasteiger partial charge in [-0.05, 0) is 23.1 Å². The summed E-state index contributed by atoms with van der Waals surface area (Å²) in [7, 11) is -3.53. The molecule has 1 saturated heterocycles. The van der Waals surface area contributed by atoms with Crippen LogP contribution in [0.25, 0.3) is 0 Å². The van der Waals surface area contributed by atoms with Crippen LogP contribution in [0.4, 0.5) is 4.79 Å². The summed E-state index contributed by atoms with van der Waals surface area (Å²) in [5, 5.41) is 2.02. The number of imide groups is 1. The zero-order valence-electron chi connectivity index (χ0n) is 16.1. The summed E-state index contributed by atoms with van der Waals surface area (Å²) in [5.74, 6) is -0.434. The molecular formula is C18H28N4O4S. The Morgan fingerprint density at radius 1 is 1.07 bits per heavy atom. The van der Waals surface area contributed by atoms with Gasteiger partial charge < -0.3 is 10.6 Å². The van der Waals surface area contributed by atoms with Gasteiger partial charge in [0.1, 0.15) is 0 Å². The maximum Gasteiger partial charge on any atom is 0.318 e. The molecule has 0 unspecified atom stereocenters. The van der Waals surface area contributed by atoms with Crippen molar-refractivity contribution in [2.45, 2.75) is 37.5 Å². The van der Waals surface area contributed by atoms with Crippen LogP contribution in [0.3, 0.4) is 0 Å². The molecule has 9 heteroatoms. The highest BCUT2D eigenvalue weighted by molar-refractivity contribution is 7.89. The van der Waals surface area contributed by atoms with Gasteiger partial charge in [-0.2, -0.15) is 4.31 Å². The number of nitrogens with zero attached hydrogens (tertiary/aromatic N) is 2. The molecule has 1 aromatic rings. The molecular weight excluding hydrogens is 368 g/mol. The summed E-state index contributed by atoms with van der Waals surface area (Å²) in [6.07, 6.45) is 0.143. The number of hydrogen-bond donors (Lipinski definition) is 2. The third-order valence-electron chi connectivity index (χ3n) is 4.61. The Morgan fingerprint density at radius 3 is 2.11 bits per heavy atom. The zero-order chi connectivity index (χ0) is 20.2. The first-order valence-electron chi connectivity index (χ1n) is 8.92. The van der Waals surface area contributed by atoms with Gasteiger partial charge in [0.15, 0.2) is 0 Å². The second-order valence-corrected chi connectivity index (χ2v) is 9.62. The number of benzene rings is 1. The number of rotatable bonds is 5. The van der Waals surface area contributed by atoms with E-state index in [-0.39, 0.29) is 11.8 Å². The Labute approximate surface area is 160 Å². The minimum atomic E-state index is -3.53. The topological polar surface area (TPSA) is 113 Å². The minimum Gasteiger partial charge on any atom is -0.351 e. The molecule has 27 heavy (non-hydrogen) atoms. The fourth-order valence-corrected chi connectivity index (χ4v) is 4.35. The van der Waals surface area contributed by atoms with Crippen LogP contribution in [0, 0.1) is 0 Å². The van der Waals surface area contributed by atoms with E-state index in [1.165, 1.54) is 4.31 Å². The van der Waals surface area contributed by atoms with E-state index in [1.807, 2.05) is 22.3 Å². The Morgan fingerprint density at radius 2 is 1.63 bits per heavy atom. The summed E-state index contributed by atoms with van der Waals surface area (Å²) in [6, 6.07) is 6.18. The van der Waals surface area contributed by atoms with Gasteiger partial charge in [-0.1, -0.05) is 32.9 Å². The molecule has 1 aliphatic rings. The van der Waals surface area contributed by atoms with E-state index < -0.39 is 22.0 Å². The highest BCUT2D eigenvalue weighted by Crippen LogP contribution is 2.25. The van der Waals surface area contributed by atoms with Crippen molar-refractivity contribution in [3.63, 3.8) is 0 Å².